The lowest BCUT2D eigenvalue weighted by Gasteiger charge is -2.33. The van der Waals surface area contributed by atoms with E-state index in [1.54, 1.807) is 0 Å². The zero-order valence-corrected chi connectivity index (χ0v) is 20.0. The van der Waals surface area contributed by atoms with Gasteiger partial charge in [0.2, 0.25) is 0 Å². The minimum absolute atomic E-state index is 0.00174. The number of hydrogen-bond acceptors (Lipinski definition) is 2. The normalized spacial score (nSPS) is 16.4. The molecule has 0 radical (unpaired) electrons. The lowest BCUT2D eigenvalue weighted by atomic mass is 9.89. The summed E-state index contributed by atoms with van der Waals surface area (Å²) < 4.78 is 27.4. The number of fused-ring (bicyclic) bond motifs is 1. The van der Waals surface area contributed by atoms with E-state index in [0.717, 1.165) is 18.9 Å². The molecule has 2 heterocycles. The minimum Gasteiger partial charge on any atom is -0.337 e. The van der Waals surface area contributed by atoms with Crippen molar-refractivity contribution in [3.05, 3.63) is 64.7 Å². The molecule has 2 N–H and O–H groups in total. The van der Waals surface area contributed by atoms with Crippen molar-refractivity contribution in [2.24, 2.45) is 5.41 Å². The molecule has 8 heteroatoms. The first-order valence-corrected chi connectivity index (χ1v) is 11.7. The molecule has 0 aromatic heterocycles. The maximum absolute atomic E-state index is 14.0. The number of nitrogens with zero attached hydrogens (tertiary/aromatic N) is 2. The van der Waals surface area contributed by atoms with Gasteiger partial charge in [0, 0.05) is 43.5 Å². The Hall–Kier alpha value is -3.16. The number of anilines is 1. The highest BCUT2D eigenvalue weighted by Crippen LogP contribution is 2.30. The Balaban J connectivity index is 1.27. The van der Waals surface area contributed by atoms with Gasteiger partial charge in [0.25, 0.3) is 0 Å². The van der Waals surface area contributed by atoms with Gasteiger partial charge in [-0.05, 0) is 53.5 Å². The van der Waals surface area contributed by atoms with Gasteiger partial charge >= 0.3 is 12.1 Å². The molecule has 1 fully saturated rings. The standard InChI is InChI=1S/C26H32F2N4O2/c1-26(2,3)16-29-24(33)31-10-8-18(9-11-31)17-4-6-21(7-5-17)30-25(34)32-14-19-12-20(27)13-23(28)22(19)15-32/h4-7,12-13,18H,8-11,14-16H2,1-3H3,(H,29,33)(H,30,34). The average molecular weight is 471 g/mol. The van der Waals surface area contributed by atoms with Crippen LogP contribution in [0.5, 0.6) is 0 Å². The van der Waals surface area contributed by atoms with E-state index in [1.807, 2.05) is 29.2 Å². The number of carbonyl (C=O) groups excluding carboxylic acids is 2. The summed E-state index contributed by atoms with van der Waals surface area (Å²) in [6, 6.07) is 9.50. The molecule has 4 amide bonds. The van der Waals surface area contributed by atoms with Crippen molar-refractivity contribution in [1.29, 1.82) is 0 Å². The van der Waals surface area contributed by atoms with Crippen LogP contribution in [-0.2, 0) is 13.1 Å². The summed E-state index contributed by atoms with van der Waals surface area (Å²) >= 11 is 0. The molecule has 0 atom stereocenters. The molecule has 182 valence electrons. The molecule has 4 rings (SSSR count). The first-order chi connectivity index (χ1) is 16.1. The number of halogens is 2. The molecule has 0 bridgehead atoms. The Morgan fingerprint density at radius 3 is 2.29 bits per heavy atom. The fourth-order valence-corrected chi connectivity index (χ4v) is 4.48. The molecular formula is C26H32F2N4O2. The van der Waals surface area contributed by atoms with Crippen LogP contribution < -0.4 is 10.6 Å². The quantitative estimate of drug-likeness (QED) is 0.627. The van der Waals surface area contributed by atoms with E-state index in [9.17, 15) is 18.4 Å². The Bertz CT molecular complexity index is 1060. The maximum Gasteiger partial charge on any atom is 0.322 e. The number of carbonyl (C=O) groups is 2. The Morgan fingerprint density at radius 1 is 0.971 bits per heavy atom. The number of urea groups is 2. The van der Waals surface area contributed by atoms with Gasteiger partial charge in [-0.2, -0.15) is 0 Å². The molecule has 0 spiro atoms. The fraction of sp³-hybridized carbons (Fsp3) is 0.462. The molecule has 0 aliphatic carbocycles. The Labute approximate surface area is 199 Å². The van der Waals surface area contributed by atoms with E-state index in [4.69, 9.17) is 0 Å². The smallest absolute Gasteiger partial charge is 0.322 e. The number of amides is 4. The first-order valence-electron chi connectivity index (χ1n) is 11.7. The summed E-state index contributed by atoms with van der Waals surface area (Å²) in [5.74, 6) is -0.889. The highest BCUT2D eigenvalue weighted by molar-refractivity contribution is 5.89. The monoisotopic (exact) mass is 470 g/mol. The van der Waals surface area contributed by atoms with Crippen molar-refractivity contribution >= 4 is 17.7 Å². The van der Waals surface area contributed by atoms with Crippen molar-refractivity contribution in [3.63, 3.8) is 0 Å². The summed E-state index contributed by atoms with van der Waals surface area (Å²) in [7, 11) is 0. The number of rotatable bonds is 3. The van der Waals surface area contributed by atoms with Gasteiger partial charge in [0.05, 0.1) is 6.54 Å². The predicted molar refractivity (Wildman–Crippen MR) is 127 cm³/mol. The second-order valence-corrected chi connectivity index (χ2v) is 10.4. The number of piperidine rings is 1. The molecule has 6 nitrogen and oxygen atoms in total. The molecule has 34 heavy (non-hydrogen) atoms. The highest BCUT2D eigenvalue weighted by Gasteiger charge is 2.27. The molecule has 2 aromatic rings. The van der Waals surface area contributed by atoms with Gasteiger partial charge in [0.15, 0.2) is 0 Å². The van der Waals surface area contributed by atoms with Crippen LogP contribution in [0.4, 0.5) is 24.1 Å². The van der Waals surface area contributed by atoms with Crippen molar-refractivity contribution < 1.29 is 18.4 Å². The van der Waals surface area contributed by atoms with Crippen molar-refractivity contribution in [3.8, 4) is 0 Å². The second kappa shape index (κ2) is 9.60. The highest BCUT2D eigenvalue weighted by atomic mass is 19.1. The van der Waals surface area contributed by atoms with Crippen LogP contribution in [0.15, 0.2) is 36.4 Å². The van der Waals surface area contributed by atoms with Gasteiger partial charge in [-0.3, -0.25) is 0 Å². The van der Waals surface area contributed by atoms with Gasteiger partial charge in [-0.25, -0.2) is 18.4 Å². The van der Waals surface area contributed by atoms with Crippen LogP contribution in [-0.4, -0.2) is 41.5 Å². The van der Waals surface area contributed by atoms with Gasteiger partial charge < -0.3 is 20.4 Å². The van der Waals surface area contributed by atoms with E-state index in [1.165, 1.54) is 16.5 Å². The number of likely N-dealkylation sites (tertiary alicyclic amines) is 1. The number of hydrogen-bond donors (Lipinski definition) is 2. The van der Waals surface area contributed by atoms with E-state index in [0.29, 0.717) is 42.4 Å². The second-order valence-electron chi connectivity index (χ2n) is 10.4. The van der Waals surface area contributed by atoms with E-state index in [2.05, 4.69) is 31.4 Å². The van der Waals surface area contributed by atoms with Crippen LogP contribution in [0, 0.1) is 17.0 Å². The summed E-state index contributed by atoms with van der Waals surface area (Å²) in [5, 5.41) is 5.85. The lowest BCUT2D eigenvalue weighted by Crippen LogP contribution is -2.46. The summed E-state index contributed by atoms with van der Waals surface area (Å²) in [6.07, 6.45) is 1.78. The SMILES string of the molecule is CC(C)(C)CNC(=O)N1CCC(c2ccc(NC(=O)N3Cc4cc(F)cc(F)c4C3)cc2)CC1. The van der Waals surface area contributed by atoms with Gasteiger partial charge in [-0.1, -0.05) is 32.9 Å². The third-order valence-electron chi connectivity index (χ3n) is 6.44. The summed E-state index contributed by atoms with van der Waals surface area (Å²) in [4.78, 5) is 28.4. The molecular weight excluding hydrogens is 438 g/mol. The zero-order chi connectivity index (χ0) is 24.5. The minimum atomic E-state index is -0.634. The van der Waals surface area contributed by atoms with Crippen LogP contribution >= 0.6 is 0 Å². The largest absolute Gasteiger partial charge is 0.337 e. The summed E-state index contributed by atoms with van der Waals surface area (Å²) in [6.45, 7) is 8.65. The molecule has 0 saturated carbocycles. The molecule has 2 aliphatic heterocycles. The van der Waals surface area contributed by atoms with Crippen molar-refractivity contribution in [1.82, 2.24) is 15.1 Å². The predicted octanol–water partition coefficient (Wildman–Crippen LogP) is 5.45. The van der Waals surface area contributed by atoms with Crippen molar-refractivity contribution in [2.45, 2.75) is 52.6 Å². The number of nitrogens with one attached hydrogen (secondary N) is 2. The van der Waals surface area contributed by atoms with Crippen LogP contribution in [0.2, 0.25) is 0 Å². The van der Waals surface area contributed by atoms with Gasteiger partial charge in [-0.15, -0.1) is 0 Å². The number of benzene rings is 2. The van der Waals surface area contributed by atoms with Gasteiger partial charge in [0.1, 0.15) is 11.6 Å². The third-order valence-corrected chi connectivity index (χ3v) is 6.44. The fourth-order valence-electron chi connectivity index (χ4n) is 4.48. The van der Waals surface area contributed by atoms with Crippen molar-refractivity contribution in [2.75, 3.05) is 25.0 Å². The maximum atomic E-state index is 14.0. The van der Waals surface area contributed by atoms with Crippen LogP contribution in [0.25, 0.3) is 0 Å². The molecule has 2 aliphatic rings. The van der Waals surface area contributed by atoms with Crippen LogP contribution in [0.3, 0.4) is 0 Å². The Kier molecular flexibility index (Phi) is 6.77. The van der Waals surface area contributed by atoms with Crippen LogP contribution in [0.1, 0.15) is 56.2 Å². The van der Waals surface area contributed by atoms with E-state index < -0.39 is 11.6 Å². The average Bonchev–Trinajstić information content (AvgIpc) is 3.22. The lowest BCUT2D eigenvalue weighted by molar-refractivity contribution is 0.177. The third kappa shape index (κ3) is 5.66. The summed E-state index contributed by atoms with van der Waals surface area (Å²) in [5.41, 5.74) is 2.75. The molecule has 2 aromatic carbocycles. The zero-order valence-electron chi connectivity index (χ0n) is 20.0. The van der Waals surface area contributed by atoms with E-state index in [-0.39, 0.29) is 30.6 Å². The topological polar surface area (TPSA) is 64.7 Å². The van der Waals surface area contributed by atoms with E-state index >= 15 is 0 Å². The molecule has 0 unspecified atom stereocenters. The molecule has 1 saturated heterocycles. The first kappa shape index (κ1) is 24.0. The Morgan fingerprint density at radius 2 is 1.65 bits per heavy atom.